The number of aliphatic hydroxyl groups is 1. The minimum Gasteiger partial charge on any atom is -0.507 e. The lowest BCUT2D eigenvalue weighted by Crippen LogP contribution is -2.29. The van der Waals surface area contributed by atoms with Crippen LogP contribution in [0.25, 0.3) is 5.76 Å². The maximum absolute atomic E-state index is 13.0. The van der Waals surface area contributed by atoms with E-state index in [0.717, 1.165) is 11.1 Å². The highest BCUT2D eigenvalue weighted by atomic mass is 16.5. The fourth-order valence-electron chi connectivity index (χ4n) is 3.61. The number of ether oxygens (including phenoxy) is 1. The lowest BCUT2D eigenvalue weighted by atomic mass is 9.95. The van der Waals surface area contributed by atoms with Crippen molar-refractivity contribution in [3.8, 4) is 5.75 Å². The molecule has 30 heavy (non-hydrogen) atoms. The van der Waals surface area contributed by atoms with E-state index in [9.17, 15) is 14.7 Å². The van der Waals surface area contributed by atoms with Crippen molar-refractivity contribution in [2.45, 2.75) is 12.6 Å². The first kappa shape index (κ1) is 19.4. The highest BCUT2D eigenvalue weighted by molar-refractivity contribution is 6.46. The summed E-state index contributed by atoms with van der Waals surface area (Å²) in [5.41, 5.74) is 2.11. The van der Waals surface area contributed by atoms with Crippen molar-refractivity contribution in [1.82, 2.24) is 9.88 Å². The largest absolute Gasteiger partial charge is 0.507 e. The predicted octanol–water partition coefficient (Wildman–Crippen LogP) is 3.71. The Hall–Kier alpha value is -3.93. The Morgan fingerprint density at radius 2 is 1.67 bits per heavy atom. The van der Waals surface area contributed by atoms with Gasteiger partial charge in [0, 0.05) is 24.5 Å². The van der Waals surface area contributed by atoms with Crippen LogP contribution in [-0.4, -0.2) is 33.8 Å². The standard InChI is InChI=1S/C24H20N2O4/c1-30-19-9-7-18(8-10-19)22(27)20-21(17-5-3-2-4-6-17)26(24(29)23(20)28)15-16-11-13-25-14-12-16/h2-14,21,27H,15H2,1H3/t21-/m0/s1. The van der Waals surface area contributed by atoms with E-state index in [1.807, 2.05) is 30.3 Å². The molecule has 1 aromatic heterocycles. The van der Waals surface area contributed by atoms with Gasteiger partial charge in [0.05, 0.1) is 18.7 Å². The topological polar surface area (TPSA) is 79.7 Å². The number of amides is 1. The van der Waals surface area contributed by atoms with Crippen LogP contribution in [0.1, 0.15) is 22.7 Å². The molecule has 0 bridgehead atoms. The van der Waals surface area contributed by atoms with Crippen molar-refractivity contribution < 1.29 is 19.4 Å². The van der Waals surface area contributed by atoms with Crippen molar-refractivity contribution in [3.05, 3.63) is 101 Å². The van der Waals surface area contributed by atoms with Gasteiger partial charge < -0.3 is 14.7 Å². The molecule has 2 heterocycles. The molecule has 0 radical (unpaired) electrons. The molecule has 2 aromatic carbocycles. The second-order valence-electron chi connectivity index (χ2n) is 6.92. The van der Waals surface area contributed by atoms with E-state index in [1.165, 1.54) is 4.90 Å². The summed E-state index contributed by atoms with van der Waals surface area (Å²) in [5.74, 6) is -0.923. The van der Waals surface area contributed by atoms with Crippen LogP contribution < -0.4 is 4.74 Å². The van der Waals surface area contributed by atoms with Gasteiger partial charge in [0.25, 0.3) is 11.7 Å². The number of ketones is 1. The van der Waals surface area contributed by atoms with Crippen LogP contribution in [0.4, 0.5) is 0 Å². The summed E-state index contributed by atoms with van der Waals surface area (Å²) in [6, 6.07) is 18.8. The third-order valence-corrected chi connectivity index (χ3v) is 5.12. The molecule has 1 fully saturated rings. The lowest BCUT2D eigenvalue weighted by Gasteiger charge is -2.25. The molecule has 6 nitrogen and oxygen atoms in total. The molecule has 0 unspecified atom stereocenters. The van der Waals surface area contributed by atoms with Crippen molar-refractivity contribution in [3.63, 3.8) is 0 Å². The van der Waals surface area contributed by atoms with Crippen molar-refractivity contribution in [2.75, 3.05) is 7.11 Å². The number of aromatic nitrogens is 1. The van der Waals surface area contributed by atoms with Crippen molar-refractivity contribution in [2.24, 2.45) is 0 Å². The van der Waals surface area contributed by atoms with Gasteiger partial charge in [-0.2, -0.15) is 0 Å². The number of carbonyl (C=O) groups excluding carboxylic acids is 2. The average Bonchev–Trinajstić information content (AvgIpc) is 3.05. The number of likely N-dealkylation sites (tertiary alicyclic amines) is 1. The van der Waals surface area contributed by atoms with Gasteiger partial charge in [-0.15, -0.1) is 0 Å². The summed E-state index contributed by atoms with van der Waals surface area (Å²) in [4.78, 5) is 31.4. The fraction of sp³-hybridized carbons (Fsp3) is 0.125. The molecule has 1 atom stereocenters. The second kappa shape index (κ2) is 8.21. The van der Waals surface area contributed by atoms with Crippen LogP contribution in [0.3, 0.4) is 0 Å². The minimum atomic E-state index is -0.703. The third-order valence-electron chi connectivity index (χ3n) is 5.12. The van der Waals surface area contributed by atoms with Gasteiger partial charge in [-0.3, -0.25) is 14.6 Å². The maximum Gasteiger partial charge on any atom is 0.295 e. The lowest BCUT2D eigenvalue weighted by molar-refractivity contribution is -0.140. The number of carbonyl (C=O) groups is 2. The zero-order valence-corrected chi connectivity index (χ0v) is 16.4. The Kier molecular flexibility index (Phi) is 5.30. The molecular formula is C24H20N2O4. The minimum absolute atomic E-state index is 0.0745. The normalized spacial score (nSPS) is 17.9. The smallest absolute Gasteiger partial charge is 0.295 e. The summed E-state index contributed by atoms with van der Waals surface area (Å²) >= 11 is 0. The van der Waals surface area contributed by atoms with Crippen LogP contribution in [0.15, 0.2) is 84.7 Å². The number of pyridine rings is 1. The van der Waals surface area contributed by atoms with Gasteiger partial charge in [-0.25, -0.2) is 0 Å². The van der Waals surface area contributed by atoms with Gasteiger partial charge >= 0.3 is 0 Å². The van der Waals surface area contributed by atoms with Gasteiger partial charge in [-0.1, -0.05) is 30.3 Å². The fourth-order valence-corrected chi connectivity index (χ4v) is 3.61. The summed E-state index contributed by atoms with van der Waals surface area (Å²) in [6.45, 7) is 0.228. The van der Waals surface area contributed by atoms with Crippen molar-refractivity contribution in [1.29, 1.82) is 0 Å². The number of benzene rings is 2. The van der Waals surface area contributed by atoms with Crippen LogP contribution in [0, 0.1) is 0 Å². The molecule has 4 rings (SSSR count). The zero-order chi connectivity index (χ0) is 21.1. The summed E-state index contributed by atoms with van der Waals surface area (Å²) in [6.07, 6.45) is 3.28. The molecule has 0 aliphatic carbocycles. The van der Waals surface area contributed by atoms with Crippen LogP contribution >= 0.6 is 0 Å². The highest BCUT2D eigenvalue weighted by Crippen LogP contribution is 2.40. The summed E-state index contributed by atoms with van der Waals surface area (Å²) in [7, 11) is 1.55. The Balaban J connectivity index is 1.83. The summed E-state index contributed by atoms with van der Waals surface area (Å²) in [5, 5.41) is 11.0. The number of hydrogen-bond acceptors (Lipinski definition) is 5. The predicted molar refractivity (Wildman–Crippen MR) is 112 cm³/mol. The maximum atomic E-state index is 13.0. The first-order chi connectivity index (χ1) is 14.6. The van der Waals surface area contributed by atoms with E-state index in [1.54, 1.807) is 55.9 Å². The molecule has 1 amide bonds. The van der Waals surface area contributed by atoms with E-state index in [0.29, 0.717) is 11.3 Å². The van der Waals surface area contributed by atoms with E-state index >= 15 is 0 Å². The average molecular weight is 400 g/mol. The number of nitrogens with zero attached hydrogens (tertiary/aromatic N) is 2. The monoisotopic (exact) mass is 400 g/mol. The summed E-state index contributed by atoms with van der Waals surface area (Å²) < 4.78 is 5.15. The number of Topliss-reactive ketones (excluding diaryl/α,β-unsaturated/α-hetero) is 1. The SMILES string of the molecule is COc1ccc(C(O)=C2C(=O)C(=O)N(Cc3ccncc3)[C@H]2c2ccccc2)cc1. The Bertz CT molecular complexity index is 1090. The van der Waals surface area contributed by atoms with Gasteiger partial charge in [0.1, 0.15) is 11.5 Å². The van der Waals surface area contributed by atoms with Crippen LogP contribution in [0.2, 0.25) is 0 Å². The molecule has 3 aromatic rings. The second-order valence-corrected chi connectivity index (χ2v) is 6.92. The van der Waals surface area contributed by atoms with E-state index in [2.05, 4.69) is 4.98 Å². The number of rotatable bonds is 5. The third kappa shape index (κ3) is 3.55. The molecule has 150 valence electrons. The number of aliphatic hydroxyl groups excluding tert-OH is 1. The molecule has 0 spiro atoms. The quantitative estimate of drug-likeness (QED) is 0.401. The van der Waals surface area contributed by atoms with Gasteiger partial charge in [0.2, 0.25) is 0 Å². The molecule has 0 saturated carbocycles. The van der Waals surface area contributed by atoms with Gasteiger partial charge in [0.15, 0.2) is 0 Å². The molecule has 6 heteroatoms. The number of methoxy groups -OCH3 is 1. The van der Waals surface area contributed by atoms with Crippen LogP contribution in [0.5, 0.6) is 5.75 Å². The molecule has 1 saturated heterocycles. The van der Waals surface area contributed by atoms with Crippen LogP contribution in [-0.2, 0) is 16.1 Å². The first-order valence-corrected chi connectivity index (χ1v) is 9.47. The molecule has 1 aliphatic heterocycles. The van der Waals surface area contributed by atoms with Crippen molar-refractivity contribution >= 4 is 17.4 Å². The van der Waals surface area contributed by atoms with E-state index < -0.39 is 17.7 Å². The molecular weight excluding hydrogens is 380 g/mol. The Morgan fingerprint density at radius 1 is 1.00 bits per heavy atom. The molecule has 1 aliphatic rings. The highest BCUT2D eigenvalue weighted by Gasteiger charge is 2.45. The van der Waals surface area contributed by atoms with Gasteiger partial charge in [-0.05, 0) is 47.5 Å². The molecule has 1 N–H and O–H groups in total. The zero-order valence-electron chi connectivity index (χ0n) is 16.4. The Morgan fingerprint density at radius 3 is 2.30 bits per heavy atom. The van der Waals surface area contributed by atoms with E-state index in [4.69, 9.17) is 4.74 Å². The van der Waals surface area contributed by atoms with E-state index in [-0.39, 0.29) is 17.9 Å². The first-order valence-electron chi connectivity index (χ1n) is 9.47. The Labute approximate surface area is 174 Å². The number of hydrogen-bond donors (Lipinski definition) is 1.